The number of aromatic nitrogens is 2. The molecular weight excluding hydrogens is 285 g/mol. The number of anilines is 1. The number of carbonyl (C=O) groups is 1. The zero-order valence-electron chi connectivity index (χ0n) is 12.7. The molecule has 1 aromatic carbocycles. The van der Waals surface area contributed by atoms with Crippen LogP contribution in [0.25, 0.3) is 0 Å². The van der Waals surface area contributed by atoms with Gasteiger partial charge in [-0.2, -0.15) is 4.98 Å². The van der Waals surface area contributed by atoms with Crippen molar-refractivity contribution >= 4 is 11.6 Å². The molecule has 1 fully saturated rings. The Kier molecular flexibility index (Phi) is 3.92. The lowest BCUT2D eigenvalue weighted by molar-refractivity contribution is -0.117. The van der Waals surface area contributed by atoms with Gasteiger partial charge in [-0.15, -0.1) is 0 Å². The number of halogens is 1. The van der Waals surface area contributed by atoms with Gasteiger partial charge in [0.1, 0.15) is 5.82 Å². The average Bonchev–Trinajstić information content (AvgIpc) is 3.09. The van der Waals surface area contributed by atoms with E-state index in [1.54, 1.807) is 24.0 Å². The quantitative estimate of drug-likeness (QED) is 0.871. The molecule has 1 aliphatic heterocycles. The van der Waals surface area contributed by atoms with Crippen molar-refractivity contribution in [1.82, 2.24) is 10.1 Å². The van der Waals surface area contributed by atoms with Gasteiger partial charge in [0.15, 0.2) is 5.82 Å². The average molecular weight is 303 g/mol. The summed E-state index contributed by atoms with van der Waals surface area (Å²) in [5.74, 6) is 0.673. The van der Waals surface area contributed by atoms with E-state index in [1.165, 1.54) is 6.07 Å². The third-order valence-corrected chi connectivity index (χ3v) is 3.90. The molecule has 1 amide bonds. The summed E-state index contributed by atoms with van der Waals surface area (Å²) in [6, 6.07) is 4.83. The van der Waals surface area contributed by atoms with Crippen molar-refractivity contribution in [3.63, 3.8) is 0 Å². The summed E-state index contributed by atoms with van der Waals surface area (Å²) in [7, 11) is 0. The Hall–Kier alpha value is -2.24. The third-order valence-electron chi connectivity index (χ3n) is 3.90. The van der Waals surface area contributed by atoms with Gasteiger partial charge >= 0.3 is 0 Å². The van der Waals surface area contributed by atoms with Crippen LogP contribution in [0.4, 0.5) is 10.1 Å². The molecule has 22 heavy (non-hydrogen) atoms. The molecule has 0 saturated carbocycles. The Morgan fingerprint density at radius 2 is 2.27 bits per heavy atom. The van der Waals surface area contributed by atoms with Gasteiger partial charge in [0, 0.05) is 25.1 Å². The van der Waals surface area contributed by atoms with Crippen LogP contribution in [0.5, 0.6) is 0 Å². The molecule has 1 saturated heterocycles. The van der Waals surface area contributed by atoms with Gasteiger partial charge in [0.25, 0.3) is 0 Å². The molecule has 1 atom stereocenters. The highest BCUT2D eigenvalue weighted by atomic mass is 19.1. The summed E-state index contributed by atoms with van der Waals surface area (Å²) in [4.78, 5) is 18.1. The van der Waals surface area contributed by atoms with Crippen LogP contribution in [-0.4, -0.2) is 22.6 Å². The van der Waals surface area contributed by atoms with Crippen LogP contribution in [-0.2, 0) is 11.2 Å². The molecule has 0 bridgehead atoms. The standard InChI is InChI=1S/C16H18FN3O2/c1-3-4-14-18-16(22-19-14)11-7-15(21)20(9-11)12-6-5-10(2)13(17)8-12/h5-6,8,11H,3-4,7,9H2,1-2H3. The number of hydrogen-bond donors (Lipinski definition) is 0. The summed E-state index contributed by atoms with van der Waals surface area (Å²) in [5.41, 5.74) is 1.14. The molecule has 116 valence electrons. The Balaban J connectivity index is 1.78. The van der Waals surface area contributed by atoms with Gasteiger partial charge in [0.2, 0.25) is 11.8 Å². The fraction of sp³-hybridized carbons (Fsp3) is 0.438. The van der Waals surface area contributed by atoms with Crippen molar-refractivity contribution in [2.75, 3.05) is 11.4 Å². The van der Waals surface area contributed by atoms with Crippen molar-refractivity contribution in [3.8, 4) is 0 Å². The Morgan fingerprint density at radius 1 is 1.45 bits per heavy atom. The largest absolute Gasteiger partial charge is 0.339 e. The minimum atomic E-state index is -0.309. The highest BCUT2D eigenvalue weighted by Crippen LogP contribution is 2.31. The molecule has 2 aromatic rings. The van der Waals surface area contributed by atoms with Crippen molar-refractivity contribution in [1.29, 1.82) is 0 Å². The molecule has 0 N–H and O–H groups in total. The van der Waals surface area contributed by atoms with E-state index in [4.69, 9.17) is 4.52 Å². The van der Waals surface area contributed by atoms with Crippen LogP contribution >= 0.6 is 0 Å². The fourth-order valence-corrected chi connectivity index (χ4v) is 2.63. The Morgan fingerprint density at radius 3 is 3.00 bits per heavy atom. The van der Waals surface area contributed by atoms with Gasteiger partial charge < -0.3 is 9.42 Å². The fourth-order valence-electron chi connectivity index (χ4n) is 2.63. The zero-order chi connectivity index (χ0) is 15.7. The number of hydrogen-bond acceptors (Lipinski definition) is 4. The molecule has 3 rings (SSSR count). The van der Waals surface area contributed by atoms with Crippen LogP contribution in [0.3, 0.4) is 0 Å². The van der Waals surface area contributed by atoms with Gasteiger partial charge in [-0.1, -0.05) is 18.1 Å². The number of rotatable bonds is 4. The molecule has 1 aromatic heterocycles. The topological polar surface area (TPSA) is 59.2 Å². The van der Waals surface area contributed by atoms with Gasteiger partial charge in [-0.05, 0) is 31.0 Å². The second-order valence-corrected chi connectivity index (χ2v) is 5.64. The van der Waals surface area contributed by atoms with Crippen molar-refractivity contribution in [2.45, 2.75) is 39.0 Å². The molecule has 6 heteroatoms. The van der Waals surface area contributed by atoms with Crippen LogP contribution < -0.4 is 4.90 Å². The van der Waals surface area contributed by atoms with Gasteiger partial charge in [0.05, 0.1) is 5.92 Å². The minimum absolute atomic E-state index is 0.0523. The first kappa shape index (κ1) is 14.7. The van der Waals surface area contributed by atoms with Crippen molar-refractivity contribution in [2.24, 2.45) is 0 Å². The van der Waals surface area contributed by atoms with Crippen LogP contribution in [0.2, 0.25) is 0 Å². The molecule has 2 heterocycles. The molecule has 0 spiro atoms. The second kappa shape index (κ2) is 5.87. The molecule has 1 aliphatic rings. The minimum Gasteiger partial charge on any atom is -0.339 e. The second-order valence-electron chi connectivity index (χ2n) is 5.64. The lowest BCUT2D eigenvalue weighted by Crippen LogP contribution is -2.24. The van der Waals surface area contributed by atoms with E-state index in [-0.39, 0.29) is 17.6 Å². The number of aryl methyl sites for hydroxylation is 2. The van der Waals surface area contributed by atoms with E-state index in [9.17, 15) is 9.18 Å². The summed E-state index contributed by atoms with van der Waals surface area (Å²) in [6.45, 7) is 4.18. The first-order chi connectivity index (χ1) is 10.6. The maximum absolute atomic E-state index is 13.7. The van der Waals surface area contributed by atoms with Crippen LogP contribution in [0.15, 0.2) is 22.7 Å². The van der Waals surface area contributed by atoms with Crippen molar-refractivity contribution in [3.05, 3.63) is 41.3 Å². The molecule has 0 radical (unpaired) electrons. The van der Waals surface area contributed by atoms with E-state index in [0.717, 1.165) is 12.8 Å². The number of amides is 1. The number of benzene rings is 1. The molecule has 5 nitrogen and oxygen atoms in total. The summed E-state index contributed by atoms with van der Waals surface area (Å²) in [6.07, 6.45) is 2.01. The summed E-state index contributed by atoms with van der Waals surface area (Å²) < 4.78 is 19.0. The van der Waals surface area contributed by atoms with E-state index >= 15 is 0 Å². The Bertz CT molecular complexity index is 698. The predicted octanol–water partition coefficient (Wildman–Crippen LogP) is 2.99. The maximum Gasteiger partial charge on any atom is 0.232 e. The third kappa shape index (κ3) is 2.73. The molecule has 1 unspecified atom stereocenters. The number of nitrogens with zero attached hydrogens (tertiary/aromatic N) is 3. The molecule has 0 aliphatic carbocycles. The summed E-state index contributed by atoms with van der Waals surface area (Å²) >= 11 is 0. The van der Waals surface area contributed by atoms with E-state index < -0.39 is 0 Å². The van der Waals surface area contributed by atoms with Gasteiger partial charge in [-0.25, -0.2) is 4.39 Å². The van der Waals surface area contributed by atoms with E-state index in [1.807, 2.05) is 6.92 Å². The number of carbonyl (C=O) groups excluding carboxylic acids is 1. The monoisotopic (exact) mass is 303 g/mol. The lowest BCUT2D eigenvalue weighted by atomic mass is 10.1. The van der Waals surface area contributed by atoms with Gasteiger partial charge in [-0.3, -0.25) is 4.79 Å². The zero-order valence-corrected chi connectivity index (χ0v) is 12.7. The first-order valence-electron chi connectivity index (χ1n) is 7.47. The van der Waals surface area contributed by atoms with Crippen LogP contribution in [0, 0.1) is 12.7 Å². The highest BCUT2D eigenvalue weighted by Gasteiger charge is 2.35. The SMILES string of the molecule is CCCc1noc(C2CC(=O)N(c3ccc(C)c(F)c3)C2)n1. The molecular formula is C16H18FN3O2. The maximum atomic E-state index is 13.7. The van der Waals surface area contributed by atoms with Crippen LogP contribution in [0.1, 0.15) is 43.0 Å². The van der Waals surface area contributed by atoms with E-state index in [0.29, 0.717) is 35.9 Å². The Labute approximate surface area is 128 Å². The predicted molar refractivity (Wildman–Crippen MR) is 79.1 cm³/mol. The lowest BCUT2D eigenvalue weighted by Gasteiger charge is -2.16. The normalized spacial score (nSPS) is 18.2. The van der Waals surface area contributed by atoms with E-state index in [2.05, 4.69) is 10.1 Å². The summed E-state index contributed by atoms with van der Waals surface area (Å²) in [5, 5.41) is 3.92. The highest BCUT2D eigenvalue weighted by molar-refractivity contribution is 5.96. The first-order valence-corrected chi connectivity index (χ1v) is 7.47. The smallest absolute Gasteiger partial charge is 0.232 e. The van der Waals surface area contributed by atoms with Crippen molar-refractivity contribution < 1.29 is 13.7 Å².